The van der Waals surface area contributed by atoms with E-state index < -0.39 is 0 Å². The molecule has 1 aromatic carbocycles. The van der Waals surface area contributed by atoms with Gasteiger partial charge in [0.25, 0.3) is 5.91 Å². The molecule has 1 amide bonds. The summed E-state index contributed by atoms with van der Waals surface area (Å²) in [5, 5.41) is 15.8. The van der Waals surface area contributed by atoms with E-state index in [1.54, 1.807) is 36.8 Å². The predicted octanol–water partition coefficient (Wildman–Crippen LogP) is 4.79. The van der Waals surface area contributed by atoms with Gasteiger partial charge in [0, 0.05) is 24.1 Å². The largest absolute Gasteiger partial charge is 0.467 e. The van der Waals surface area contributed by atoms with E-state index in [0.29, 0.717) is 39.7 Å². The van der Waals surface area contributed by atoms with Gasteiger partial charge >= 0.3 is 0 Å². The number of thioether (sulfide) groups is 1. The highest BCUT2D eigenvalue weighted by Gasteiger charge is 2.35. The Labute approximate surface area is 192 Å². The molecule has 5 rings (SSSR count). The lowest BCUT2D eigenvalue weighted by molar-refractivity contribution is -0.130. The lowest BCUT2D eigenvalue weighted by atomic mass is 10.1. The summed E-state index contributed by atoms with van der Waals surface area (Å²) in [5.41, 5.74) is 1.60. The summed E-state index contributed by atoms with van der Waals surface area (Å²) in [5.74, 6) is 2.01. The number of benzene rings is 1. The maximum atomic E-state index is 13.1. The Bertz CT molecular complexity index is 1250. The van der Waals surface area contributed by atoms with Crippen molar-refractivity contribution in [2.24, 2.45) is 12.1 Å². The first kappa shape index (κ1) is 20.6. The van der Waals surface area contributed by atoms with Gasteiger partial charge in [0.1, 0.15) is 23.3 Å². The second-order valence-electron chi connectivity index (χ2n) is 7.16. The van der Waals surface area contributed by atoms with Crippen LogP contribution in [0.5, 0.6) is 0 Å². The van der Waals surface area contributed by atoms with Gasteiger partial charge in [0.05, 0.1) is 18.3 Å². The van der Waals surface area contributed by atoms with E-state index in [9.17, 15) is 4.79 Å². The lowest BCUT2D eigenvalue weighted by Gasteiger charge is -2.19. The second kappa shape index (κ2) is 8.68. The van der Waals surface area contributed by atoms with Crippen molar-refractivity contribution >= 4 is 35.0 Å². The summed E-state index contributed by atoms with van der Waals surface area (Å²) in [6.07, 6.45) is 3.70. The molecule has 0 aliphatic carbocycles. The van der Waals surface area contributed by atoms with Gasteiger partial charge in [0.2, 0.25) is 0 Å². The zero-order valence-electron chi connectivity index (χ0n) is 17.0. The van der Waals surface area contributed by atoms with E-state index in [0.717, 1.165) is 5.56 Å². The number of amides is 1. The molecule has 4 heterocycles. The van der Waals surface area contributed by atoms with Crippen LogP contribution in [0.15, 0.2) is 80.1 Å². The lowest BCUT2D eigenvalue weighted by Crippen LogP contribution is -2.28. The first-order valence-electron chi connectivity index (χ1n) is 9.85. The van der Waals surface area contributed by atoms with Crippen molar-refractivity contribution in [1.29, 1.82) is 0 Å². The molecule has 1 atom stereocenters. The van der Waals surface area contributed by atoms with Crippen LogP contribution < -0.4 is 0 Å². The van der Waals surface area contributed by atoms with Crippen molar-refractivity contribution in [3.05, 3.63) is 77.6 Å². The Morgan fingerprint density at radius 3 is 2.62 bits per heavy atom. The standard InChI is InChI=1S/C22H18ClN5O3S/c1-27-21(14-6-8-15(23)9-7-14)24-25-22(27)32-13-20(29)28-17(19-5-3-11-31-19)12-16(26-28)18-4-2-10-30-18/h2-11,17H,12-13H2,1H3. The highest BCUT2D eigenvalue weighted by molar-refractivity contribution is 7.99. The van der Waals surface area contributed by atoms with Crippen LogP contribution in [0.4, 0.5) is 0 Å². The number of hydrazone groups is 1. The van der Waals surface area contributed by atoms with Crippen molar-refractivity contribution in [3.63, 3.8) is 0 Å². The van der Waals surface area contributed by atoms with Gasteiger partial charge in [0.15, 0.2) is 11.0 Å². The zero-order valence-corrected chi connectivity index (χ0v) is 18.6. The van der Waals surface area contributed by atoms with Gasteiger partial charge in [-0.2, -0.15) is 5.10 Å². The zero-order chi connectivity index (χ0) is 22.1. The van der Waals surface area contributed by atoms with Gasteiger partial charge in [-0.15, -0.1) is 10.2 Å². The van der Waals surface area contributed by atoms with Crippen LogP contribution in [0.2, 0.25) is 5.02 Å². The van der Waals surface area contributed by atoms with E-state index in [1.165, 1.54) is 16.8 Å². The summed E-state index contributed by atoms with van der Waals surface area (Å²) in [4.78, 5) is 13.1. The Morgan fingerprint density at radius 2 is 1.91 bits per heavy atom. The fourth-order valence-corrected chi connectivity index (χ4v) is 4.41. The third-order valence-corrected chi connectivity index (χ3v) is 6.36. The molecule has 0 fully saturated rings. The normalized spacial score (nSPS) is 15.9. The molecule has 162 valence electrons. The molecule has 0 bridgehead atoms. The molecule has 4 aromatic rings. The van der Waals surface area contributed by atoms with Crippen LogP contribution in [0.25, 0.3) is 11.4 Å². The van der Waals surface area contributed by atoms with Crippen LogP contribution in [-0.2, 0) is 11.8 Å². The van der Waals surface area contributed by atoms with Crippen LogP contribution in [-0.4, -0.2) is 37.1 Å². The van der Waals surface area contributed by atoms with Crippen molar-refractivity contribution in [3.8, 4) is 11.4 Å². The molecule has 0 radical (unpaired) electrons. The molecule has 0 saturated heterocycles. The number of carbonyl (C=O) groups is 1. The molecule has 1 unspecified atom stereocenters. The molecule has 0 N–H and O–H groups in total. The third kappa shape index (κ3) is 3.96. The van der Waals surface area contributed by atoms with Crippen molar-refractivity contribution in [2.45, 2.75) is 17.6 Å². The van der Waals surface area contributed by atoms with Gasteiger partial charge < -0.3 is 13.4 Å². The smallest absolute Gasteiger partial charge is 0.253 e. The first-order chi connectivity index (χ1) is 15.6. The van der Waals surface area contributed by atoms with Crippen LogP contribution >= 0.6 is 23.4 Å². The number of carbonyl (C=O) groups excluding carboxylic acids is 1. The minimum atomic E-state index is -0.317. The molecule has 1 aliphatic rings. The Balaban J connectivity index is 1.33. The highest BCUT2D eigenvalue weighted by Crippen LogP contribution is 2.34. The fraction of sp³-hybridized carbons (Fsp3) is 0.182. The number of aromatic nitrogens is 3. The fourth-order valence-electron chi connectivity index (χ4n) is 3.52. The summed E-state index contributed by atoms with van der Waals surface area (Å²) < 4.78 is 12.9. The van der Waals surface area contributed by atoms with E-state index in [1.807, 2.05) is 35.9 Å². The van der Waals surface area contributed by atoms with Crippen molar-refractivity contribution in [1.82, 2.24) is 19.8 Å². The Hall–Kier alpha value is -3.30. The molecule has 3 aromatic heterocycles. The first-order valence-corrected chi connectivity index (χ1v) is 11.2. The topological polar surface area (TPSA) is 89.7 Å². The van der Waals surface area contributed by atoms with E-state index in [4.69, 9.17) is 20.4 Å². The van der Waals surface area contributed by atoms with Crippen LogP contribution in [0.3, 0.4) is 0 Å². The van der Waals surface area contributed by atoms with Crippen LogP contribution in [0.1, 0.15) is 24.0 Å². The molecule has 10 heteroatoms. The molecule has 1 aliphatic heterocycles. The molecular weight excluding hydrogens is 450 g/mol. The number of hydrogen-bond acceptors (Lipinski definition) is 7. The Kier molecular flexibility index (Phi) is 5.59. The monoisotopic (exact) mass is 467 g/mol. The molecule has 0 saturated carbocycles. The van der Waals surface area contributed by atoms with Crippen molar-refractivity contribution in [2.75, 3.05) is 5.75 Å². The summed E-state index contributed by atoms with van der Waals surface area (Å²) in [6.45, 7) is 0. The van der Waals surface area contributed by atoms with Gasteiger partial charge in [-0.3, -0.25) is 4.79 Å². The minimum absolute atomic E-state index is 0.152. The third-order valence-electron chi connectivity index (χ3n) is 5.11. The predicted molar refractivity (Wildman–Crippen MR) is 120 cm³/mol. The molecular formula is C22H18ClN5O3S. The number of halogens is 1. The summed E-state index contributed by atoms with van der Waals surface area (Å²) >= 11 is 7.28. The maximum Gasteiger partial charge on any atom is 0.253 e. The SMILES string of the molecule is Cn1c(SCC(=O)N2N=C(c3ccco3)CC2c2ccco2)nnc1-c1ccc(Cl)cc1. The Morgan fingerprint density at radius 1 is 1.12 bits per heavy atom. The highest BCUT2D eigenvalue weighted by atomic mass is 35.5. The quantitative estimate of drug-likeness (QED) is 0.379. The summed E-state index contributed by atoms with van der Waals surface area (Å²) in [7, 11) is 1.87. The molecule has 8 nitrogen and oxygen atoms in total. The summed E-state index contributed by atoms with van der Waals surface area (Å²) in [6, 6.07) is 14.3. The van der Waals surface area contributed by atoms with Gasteiger partial charge in [-0.25, -0.2) is 5.01 Å². The molecule has 0 spiro atoms. The average molecular weight is 468 g/mol. The van der Waals surface area contributed by atoms with E-state index in [-0.39, 0.29) is 17.7 Å². The van der Waals surface area contributed by atoms with Crippen molar-refractivity contribution < 1.29 is 13.6 Å². The van der Waals surface area contributed by atoms with Gasteiger partial charge in [-0.05, 0) is 48.5 Å². The second-order valence-corrected chi connectivity index (χ2v) is 8.54. The average Bonchev–Trinajstić information content (AvgIpc) is 3.59. The van der Waals surface area contributed by atoms with Gasteiger partial charge in [-0.1, -0.05) is 23.4 Å². The molecule has 32 heavy (non-hydrogen) atoms. The maximum absolute atomic E-state index is 13.1. The number of hydrogen-bond donors (Lipinski definition) is 0. The minimum Gasteiger partial charge on any atom is -0.467 e. The van der Waals surface area contributed by atoms with E-state index in [2.05, 4.69) is 15.3 Å². The number of rotatable bonds is 6. The number of nitrogens with zero attached hydrogens (tertiary/aromatic N) is 5. The van der Waals surface area contributed by atoms with Crippen LogP contribution in [0, 0.1) is 0 Å². The van der Waals surface area contributed by atoms with E-state index >= 15 is 0 Å². The number of furan rings is 2.